The van der Waals surface area contributed by atoms with Crippen molar-refractivity contribution >= 4 is 23.9 Å². The standard InChI is InChI=1S/C69H114O8/c1-6-9-11-13-18-24-30-53-36-35-52(29-23-12-10-7-2)58(31-25-19-14-16-21-27-33-67(71)75-46-51-38-61-55-42-57(48-77-69(73)49(4)5)63(44-55)65(61)40-51)59(53)32-26-20-15-17-22-28-34-68(72)76-47-56-41-54-43-62(56)64-39-50(37-60(54)64)45-74-66(70)8-3/h8,50-65H,3-4,6-7,9-48H2,1-2,5H3/t50?,51?,52?,53?,54?,55?,56?,57?,58?,59?,60-,61-,62?,63?,64?,65?/m1/s1. The number of unbranched alkanes of at least 4 members (excludes halogenated alkanes) is 18. The second kappa shape index (κ2) is 33.3. The molecule has 0 aromatic carbocycles. The van der Waals surface area contributed by atoms with Gasteiger partial charge in [-0.3, -0.25) is 9.59 Å². The lowest BCUT2D eigenvalue weighted by molar-refractivity contribution is -0.146. The predicted molar refractivity (Wildman–Crippen MR) is 311 cm³/mol. The summed E-state index contributed by atoms with van der Waals surface area (Å²) in [4.78, 5) is 49.4. The fourth-order valence-electron chi connectivity index (χ4n) is 18.3. The summed E-state index contributed by atoms with van der Waals surface area (Å²) in [5.41, 5.74) is 0.480. The van der Waals surface area contributed by atoms with Crippen molar-refractivity contribution in [3.05, 3.63) is 24.8 Å². The van der Waals surface area contributed by atoms with Crippen molar-refractivity contribution in [1.82, 2.24) is 0 Å². The Bertz CT molecular complexity index is 1790. The van der Waals surface area contributed by atoms with Crippen molar-refractivity contribution in [3.63, 3.8) is 0 Å². The molecule has 14 unspecified atom stereocenters. The van der Waals surface area contributed by atoms with Crippen LogP contribution in [0.15, 0.2) is 24.8 Å². The van der Waals surface area contributed by atoms with Crippen LogP contribution in [0.2, 0.25) is 0 Å². The molecule has 0 heterocycles. The van der Waals surface area contributed by atoms with Gasteiger partial charge in [-0.2, -0.15) is 0 Å². The molecule has 8 heteroatoms. The zero-order valence-electron chi connectivity index (χ0n) is 49.7. The first-order valence-electron chi connectivity index (χ1n) is 33.5. The Morgan fingerprint density at radius 2 is 0.805 bits per heavy atom. The van der Waals surface area contributed by atoms with Crippen molar-refractivity contribution in [2.75, 3.05) is 26.4 Å². The zero-order chi connectivity index (χ0) is 54.4. The summed E-state index contributed by atoms with van der Waals surface area (Å²) in [5.74, 6) is 10.8. The number of esters is 4. The summed E-state index contributed by atoms with van der Waals surface area (Å²) >= 11 is 0. The van der Waals surface area contributed by atoms with E-state index in [9.17, 15) is 19.2 Å². The Hall–Kier alpha value is -2.64. The number of carbonyl (C=O) groups is 4. The third kappa shape index (κ3) is 19.0. The van der Waals surface area contributed by atoms with Crippen LogP contribution in [0, 0.1) is 94.7 Å². The lowest BCUT2D eigenvalue weighted by Crippen LogP contribution is -2.35. The van der Waals surface area contributed by atoms with Crippen molar-refractivity contribution < 1.29 is 38.1 Å². The highest BCUT2D eigenvalue weighted by Crippen LogP contribution is 2.63. The summed E-state index contributed by atoms with van der Waals surface area (Å²) in [5, 5.41) is 0. The molecule has 438 valence electrons. The zero-order valence-corrected chi connectivity index (χ0v) is 49.7. The molecule has 0 aromatic heterocycles. The maximum Gasteiger partial charge on any atom is 0.333 e. The highest BCUT2D eigenvalue weighted by atomic mass is 16.5. The van der Waals surface area contributed by atoms with E-state index in [1.807, 2.05) is 0 Å². The van der Waals surface area contributed by atoms with E-state index in [0.29, 0.717) is 92.2 Å². The van der Waals surface area contributed by atoms with Gasteiger partial charge in [-0.25, -0.2) is 9.59 Å². The van der Waals surface area contributed by atoms with Gasteiger partial charge >= 0.3 is 23.9 Å². The minimum Gasteiger partial charge on any atom is -0.465 e. The summed E-state index contributed by atoms with van der Waals surface area (Å²) in [6.45, 7) is 15.9. The molecule has 0 radical (unpaired) electrons. The topological polar surface area (TPSA) is 105 Å². The fourth-order valence-corrected chi connectivity index (χ4v) is 18.3. The first kappa shape index (κ1) is 62.0. The molecule has 0 amide bonds. The molecular weight excluding hydrogens is 957 g/mol. The van der Waals surface area contributed by atoms with E-state index >= 15 is 0 Å². The van der Waals surface area contributed by atoms with Crippen molar-refractivity contribution in [2.45, 2.75) is 265 Å². The molecular formula is C69H114O8. The first-order chi connectivity index (χ1) is 37.6. The largest absolute Gasteiger partial charge is 0.465 e. The maximum absolute atomic E-state index is 12.9. The lowest BCUT2D eigenvalue weighted by Gasteiger charge is -2.44. The Balaban J connectivity index is 0.766. The third-order valence-electron chi connectivity index (χ3n) is 22.1. The predicted octanol–water partition coefficient (Wildman–Crippen LogP) is 17.7. The van der Waals surface area contributed by atoms with Crippen LogP contribution in [-0.4, -0.2) is 50.3 Å². The molecule has 0 aromatic rings. The van der Waals surface area contributed by atoms with Crippen LogP contribution in [0.1, 0.15) is 265 Å². The number of hydrogen-bond donors (Lipinski definition) is 0. The molecule has 7 aliphatic rings. The molecule has 16 atom stereocenters. The monoisotopic (exact) mass is 1070 g/mol. The maximum atomic E-state index is 12.9. The van der Waals surface area contributed by atoms with Gasteiger partial charge in [0.05, 0.1) is 26.4 Å². The molecule has 0 spiro atoms. The Kier molecular flexibility index (Phi) is 26.8. The summed E-state index contributed by atoms with van der Waals surface area (Å²) in [6.07, 6.45) is 49.2. The average Bonchev–Trinajstić information content (AvgIpc) is 4.45. The molecule has 77 heavy (non-hydrogen) atoms. The fraction of sp³-hybridized carbons (Fsp3) is 0.884. The van der Waals surface area contributed by atoms with Crippen LogP contribution in [-0.2, 0) is 38.1 Å². The highest BCUT2D eigenvalue weighted by Gasteiger charge is 2.57. The lowest BCUT2D eigenvalue weighted by atomic mass is 9.61. The van der Waals surface area contributed by atoms with Gasteiger partial charge in [0.2, 0.25) is 0 Å². The molecule has 0 aliphatic heterocycles. The van der Waals surface area contributed by atoms with Gasteiger partial charge in [-0.1, -0.05) is 168 Å². The van der Waals surface area contributed by atoms with Crippen molar-refractivity contribution in [2.24, 2.45) is 94.7 Å². The second-order valence-electron chi connectivity index (χ2n) is 27.4. The Labute approximate surface area is 470 Å². The number of ether oxygens (including phenoxy) is 4. The molecule has 7 aliphatic carbocycles. The van der Waals surface area contributed by atoms with Crippen molar-refractivity contribution in [1.29, 1.82) is 0 Å². The molecule has 0 N–H and O–H groups in total. The molecule has 7 fully saturated rings. The average molecular weight is 1070 g/mol. The molecule has 4 bridgehead atoms. The number of fused-ring (bicyclic) bond motifs is 10. The number of rotatable bonds is 40. The Morgan fingerprint density at radius 1 is 0.416 bits per heavy atom. The van der Waals surface area contributed by atoms with E-state index in [1.165, 1.54) is 205 Å². The van der Waals surface area contributed by atoms with E-state index in [1.54, 1.807) is 6.92 Å². The third-order valence-corrected chi connectivity index (χ3v) is 22.1. The Morgan fingerprint density at radius 3 is 1.27 bits per heavy atom. The minimum absolute atomic E-state index is 0.00262. The quantitative estimate of drug-likeness (QED) is 0.0259. The normalized spacial score (nSPS) is 32.5. The van der Waals surface area contributed by atoms with Gasteiger partial charge in [0.15, 0.2) is 0 Å². The van der Waals surface area contributed by atoms with Crippen LogP contribution < -0.4 is 0 Å². The van der Waals surface area contributed by atoms with Crippen molar-refractivity contribution in [3.8, 4) is 0 Å². The van der Waals surface area contributed by atoms with Gasteiger partial charge in [-0.05, 0) is 192 Å². The summed E-state index contributed by atoms with van der Waals surface area (Å²) < 4.78 is 22.8. The highest BCUT2D eigenvalue weighted by molar-refractivity contribution is 5.86. The summed E-state index contributed by atoms with van der Waals surface area (Å²) in [7, 11) is 0. The molecule has 7 rings (SSSR count). The first-order valence-corrected chi connectivity index (χ1v) is 33.5. The van der Waals surface area contributed by atoms with E-state index in [-0.39, 0.29) is 23.9 Å². The SMILES string of the molecule is C=CC(=O)OCC1CC2C3CC(CC3COC(=O)CCCCCCCCC3C(CCCCCCCC)CCC(CCCCCC)C3CCCCCCCCC(=O)OCC3CC4C5CC(CC5COC(=O)C(=C)C)[C@H]4C3)[C@H]2C1. The van der Waals surface area contributed by atoms with Gasteiger partial charge in [-0.15, -0.1) is 0 Å². The molecule has 0 saturated heterocycles. The van der Waals surface area contributed by atoms with E-state index < -0.39 is 0 Å². The van der Waals surface area contributed by atoms with Crippen LogP contribution in [0.4, 0.5) is 0 Å². The van der Waals surface area contributed by atoms with E-state index in [4.69, 9.17) is 18.9 Å². The van der Waals surface area contributed by atoms with Crippen LogP contribution in [0.25, 0.3) is 0 Å². The van der Waals surface area contributed by atoms with Gasteiger partial charge in [0.25, 0.3) is 0 Å². The van der Waals surface area contributed by atoms with Crippen LogP contribution in [0.3, 0.4) is 0 Å². The van der Waals surface area contributed by atoms with Gasteiger partial charge < -0.3 is 18.9 Å². The van der Waals surface area contributed by atoms with E-state index in [0.717, 1.165) is 79.4 Å². The van der Waals surface area contributed by atoms with E-state index in [2.05, 4.69) is 27.0 Å². The summed E-state index contributed by atoms with van der Waals surface area (Å²) in [6, 6.07) is 0. The van der Waals surface area contributed by atoms with Gasteiger partial charge in [0.1, 0.15) is 0 Å². The molecule has 8 nitrogen and oxygen atoms in total. The number of hydrogen-bond acceptors (Lipinski definition) is 8. The van der Waals surface area contributed by atoms with Gasteiger partial charge in [0, 0.05) is 24.5 Å². The van der Waals surface area contributed by atoms with Crippen LogP contribution in [0.5, 0.6) is 0 Å². The number of carbonyl (C=O) groups excluding carboxylic acids is 4. The molecule has 7 saturated carbocycles. The minimum atomic E-state index is -0.311. The second-order valence-corrected chi connectivity index (χ2v) is 27.4. The van der Waals surface area contributed by atoms with Crippen LogP contribution >= 0.6 is 0 Å². The smallest absolute Gasteiger partial charge is 0.333 e.